The highest BCUT2D eigenvalue weighted by molar-refractivity contribution is 7.15. The Kier molecular flexibility index (Phi) is 6.65. The average molecular weight is 474 g/mol. The van der Waals surface area contributed by atoms with Gasteiger partial charge in [-0.05, 0) is 69.2 Å². The second-order valence-corrected chi connectivity index (χ2v) is 9.31. The minimum absolute atomic E-state index is 0.273. The summed E-state index contributed by atoms with van der Waals surface area (Å²) in [7, 11) is 0. The lowest BCUT2D eigenvalue weighted by molar-refractivity contribution is 0.0526. The molecule has 2 heterocycles. The fourth-order valence-electron chi connectivity index (χ4n) is 4.00. The van der Waals surface area contributed by atoms with E-state index in [-0.39, 0.29) is 11.9 Å². The van der Waals surface area contributed by atoms with Crippen molar-refractivity contribution in [3.8, 4) is 5.00 Å². The molecule has 0 aliphatic carbocycles. The van der Waals surface area contributed by atoms with Crippen LogP contribution in [-0.4, -0.2) is 29.3 Å². The van der Waals surface area contributed by atoms with Gasteiger partial charge in [-0.1, -0.05) is 30.3 Å². The number of aromatic nitrogens is 1. The third kappa shape index (κ3) is 4.39. The van der Waals surface area contributed by atoms with Crippen LogP contribution in [0.1, 0.15) is 55.0 Å². The van der Waals surface area contributed by atoms with Crippen LogP contribution in [0.15, 0.2) is 53.6 Å². The topological polar surface area (TPSA) is 72.7 Å². The molecule has 174 valence electrons. The van der Waals surface area contributed by atoms with Gasteiger partial charge in [-0.25, -0.2) is 10.2 Å². The molecule has 7 heteroatoms. The molecule has 0 saturated carbocycles. The first kappa shape index (κ1) is 23.4. The molecular weight excluding hydrogens is 446 g/mol. The van der Waals surface area contributed by atoms with Crippen LogP contribution in [0.3, 0.4) is 0 Å². The largest absolute Gasteiger partial charge is 0.462 e. The van der Waals surface area contributed by atoms with Gasteiger partial charge in [0.2, 0.25) is 0 Å². The number of ether oxygens (including phenoxy) is 1. The van der Waals surface area contributed by atoms with E-state index in [1.165, 1.54) is 0 Å². The number of hydrogen-bond acceptors (Lipinski definition) is 5. The Morgan fingerprint density at radius 1 is 1.06 bits per heavy atom. The van der Waals surface area contributed by atoms with Crippen molar-refractivity contribution >= 4 is 40.2 Å². The van der Waals surface area contributed by atoms with Crippen LogP contribution < -0.4 is 5.43 Å². The summed E-state index contributed by atoms with van der Waals surface area (Å²) < 4.78 is 7.36. The minimum atomic E-state index is -0.315. The van der Waals surface area contributed by atoms with Crippen LogP contribution in [0.25, 0.3) is 15.8 Å². The van der Waals surface area contributed by atoms with Crippen LogP contribution in [-0.2, 0) is 4.74 Å². The average Bonchev–Trinajstić information content (AvgIpc) is 3.27. The Morgan fingerprint density at radius 3 is 2.53 bits per heavy atom. The van der Waals surface area contributed by atoms with E-state index in [1.54, 1.807) is 30.5 Å². The first-order valence-electron chi connectivity index (χ1n) is 11.1. The quantitative estimate of drug-likeness (QED) is 0.216. The van der Waals surface area contributed by atoms with Crippen LogP contribution in [0.4, 0.5) is 0 Å². The maximum atomic E-state index is 12.7. The molecule has 0 bridgehead atoms. The lowest BCUT2D eigenvalue weighted by Crippen LogP contribution is -2.17. The SMILES string of the molecule is CCOC(=O)c1c(-n2c(C)cc(/C=N/NC(=O)c3ccc4ccccc4c3)c2C)sc(C)c1C. The third-order valence-corrected chi connectivity index (χ3v) is 7.09. The summed E-state index contributed by atoms with van der Waals surface area (Å²) in [6.07, 6.45) is 1.63. The molecular formula is C27H27N3O3S. The smallest absolute Gasteiger partial charge is 0.341 e. The number of hydrogen-bond donors (Lipinski definition) is 1. The van der Waals surface area contributed by atoms with Gasteiger partial charge in [0, 0.05) is 27.4 Å². The summed E-state index contributed by atoms with van der Waals surface area (Å²) in [4.78, 5) is 26.3. The highest BCUT2D eigenvalue weighted by atomic mass is 32.1. The molecule has 0 saturated heterocycles. The van der Waals surface area contributed by atoms with Crippen molar-refractivity contribution in [2.75, 3.05) is 6.61 Å². The van der Waals surface area contributed by atoms with Gasteiger partial charge in [0.1, 0.15) is 5.00 Å². The molecule has 0 fully saturated rings. The number of esters is 1. The minimum Gasteiger partial charge on any atom is -0.462 e. The zero-order valence-electron chi connectivity index (χ0n) is 19.9. The van der Waals surface area contributed by atoms with Crippen LogP contribution >= 0.6 is 11.3 Å². The number of hydrazone groups is 1. The Hall–Kier alpha value is -3.71. The highest BCUT2D eigenvalue weighted by Crippen LogP contribution is 2.34. The van der Waals surface area contributed by atoms with E-state index in [9.17, 15) is 9.59 Å². The van der Waals surface area contributed by atoms with Crippen molar-refractivity contribution in [3.05, 3.63) is 87.0 Å². The Bertz CT molecular complexity index is 1430. The van der Waals surface area contributed by atoms with Gasteiger partial charge in [0.25, 0.3) is 5.91 Å². The van der Waals surface area contributed by atoms with E-state index in [1.807, 2.05) is 74.7 Å². The van der Waals surface area contributed by atoms with Crippen molar-refractivity contribution in [1.82, 2.24) is 9.99 Å². The zero-order chi connectivity index (χ0) is 24.4. The van der Waals surface area contributed by atoms with Crippen molar-refractivity contribution in [2.24, 2.45) is 5.10 Å². The summed E-state index contributed by atoms with van der Waals surface area (Å²) >= 11 is 1.56. The molecule has 0 aliphatic rings. The van der Waals surface area contributed by atoms with Crippen LogP contribution in [0.5, 0.6) is 0 Å². The Labute approximate surface area is 202 Å². The number of thiophene rings is 1. The van der Waals surface area contributed by atoms with E-state index in [0.717, 1.165) is 43.2 Å². The molecule has 4 rings (SSSR count). The van der Waals surface area contributed by atoms with E-state index >= 15 is 0 Å². The second-order valence-electron chi connectivity index (χ2n) is 8.11. The van der Waals surface area contributed by atoms with Crippen molar-refractivity contribution in [3.63, 3.8) is 0 Å². The molecule has 4 aromatic rings. The monoisotopic (exact) mass is 473 g/mol. The molecule has 1 N–H and O–H groups in total. The number of carbonyl (C=O) groups is 2. The second kappa shape index (κ2) is 9.65. The summed E-state index contributed by atoms with van der Waals surface area (Å²) in [6.45, 7) is 10.0. The van der Waals surface area contributed by atoms with E-state index in [4.69, 9.17) is 4.74 Å². The van der Waals surface area contributed by atoms with Gasteiger partial charge in [-0.3, -0.25) is 4.79 Å². The van der Waals surface area contributed by atoms with Gasteiger partial charge in [0.05, 0.1) is 18.4 Å². The number of nitrogens with zero attached hydrogens (tertiary/aromatic N) is 2. The summed E-state index contributed by atoms with van der Waals surface area (Å²) in [5.41, 5.74) is 7.44. The Balaban J connectivity index is 1.59. The molecule has 6 nitrogen and oxygen atoms in total. The van der Waals surface area contributed by atoms with Gasteiger partial charge in [-0.2, -0.15) is 5.10 Å². The van der Waals surface area contributed by atoms with Gasteiger partial charge >= 0.3 is 5.97 Å². The number of benzene rings is 2. The Morgan fingerprint density at radius 2 is 1.79 bits per heavy atom. The first-order chi connectivity index (χ1) is 16.3. The normalized spacial score (nSPS) is 11.3. The molecule has 2 aromatic heterocycles. The highest BCUT2D eigenvalue weighted by Gasteiger charge is 2.24. The third-order valence-electron chi connectivity index (χ3n) is 5.90. The van der Waals surface area contributed by atoms with Crippen LogP contribution in [0.2, 0.25) is 0 Å². The fraction of sp³-hybridized carbons (Fsp3) is 0.222. The predicted octanol–water partition coefficient (Wildman–Crippen LogP) is 5.87. The van der Waals surface area contributed by atoms with E-state index in [2.05, 4.69) is 10.5 Å². The summed E-state index contributed by atoms with van der Waals surface area (Å²) in [5, 5.41) is 7.11. The van der Waals surface area contributed by atoms with E-state index < -0.39 is 0 Å². The number of nitrogens with one attached hydrogen (secondary N) is 1. The number of carbonyl (C=O) groups excluding carboxylic acids is 2. The molecule has 0 radical (unpaired) electrons. The molecule has 0 atom stereocenters. The predicted molar refractivity (Wildman–Crippen MR) is 138 cm³/mol. The standard InChI is InChI=1S/C27H27N3O3S/c1-6-33-27(32)24-17(3)19(5)34-26(24)30-16(2)13-23(18(30)4)15-28-29-25(31)22-12-11-20-9-7-8-10-21(20)14-22/h7-15H,6H2,1-5H3,(H,29,31)/b28-15+. The van der Waals surface area contributed by atoms with Crippen molar-refractivity contribution < 1.29 is 14.3 Å². The lowest BCUT2D eigenvalue weighted by Gasteiger charge is -2.10. The summed E-state index contributed by atoms with van der Waals surface area (Å²) in [6, 6.07) is 15.5. The van der Waals surface area contributed by atoms with Gasteiger partial charge in [-0.15, -0.1) is 11.3 Å². The van der Waals surface area contributed by atoms with E-state index in [0.29, 0.717) is 17.7 Å². The van der Waals surface area contributed by atoms with Gasteiger partial charge in [0.15, 0.2) is 0 Å². The molecule has 0 unspecified atom stereocenters. The van der Waals surface area contributed by atoms with Crippen LogP contribution in [0, 0.1) is 27.7 Å². The molecule has 0 aliphatic heterocycles. The van der Waals surface area contributed by atoms with Crippen molar-refractivity contribution in [1.29, 1.82) is 0 Å². The number of amides is 1. The molecule has 2 aromatic carbocycles. The van der Waals surface area contributed by atoms with Crippen molar-refractivity contribution in [2.45, 2.75) is 34.6 Å². The number of aryl methyl sites for hydroxylation is 2. The number of rotatable bonds is 6. The van der Waals surface area contributed by atoms with Gasteiger partial charge < -0.3 is 9.30 Å². The maximum Gasteiger partial charge on any atom is 0.341 e. The summed E-state index contributed by atoms with van der Waals surface area (Å²) in [5.74, 6) is -0.588. The maximum absolute atomic E-state index is 12.7. The molecule has 0 spiro atoms. The zero-order valence-corrected chi connectivity index (χ0v) is 20.7. The molecule has 34 heavy (non-hydrogen) atoms. The fourth-order valence-corrected chi connectivity index (χ4v) is 5.25. The lowest BCUT2D eigenvalue weighted by atomic mass is 10.1. The molecule has 1 amide bonds. The number of fused-ring (bicyclic) bond motifs is 1. The first-order valence-corrected chi connectivity index (χ1v) is 11.9.